The van der Waals surface area contributed by atoms with E-state index in [1.54, 1.807) is 0 Å². The maximum Gasteiger partial charge on any atom is 0.220 e. The van der Waals surface area contributed by atoms with Crippen LogP contribution in [-0.2, 0) is 17.8 Å². The van der Waals surface area contributed by atoms with Gasteiger partial charge in [0.05, 0.1) is 0 Å². The summed E-state index contributed by atoms with van der Waals surface area (Å²) >= 11 is 0. The second kappa shape index (κ2) is 6.31. The summed E-state index contributed by atoms with van der Waals surface area (Å²) in [5.74, 6) is 0.104. The van der Waals surface area contributed by atoms with E-state index in [1.807, 2.05) is 42.9 Å². The van der Waals surface area contributed by atoms with Crippen molar-refractivity contribution >= 4 is 16.8 Å². The highest BCUT2D eigenvalue weighted by Gasteiger charge is 2.06. The Hall–Kier alpha value is -2.49. The number of carbonyl (C=O) groups is 1. The van der Waals surface area contributed by atoms with Crippen molar-refractivity contribution < 1.29 is 4.79 Å². The summed E-state index contributed by atoms with van der Waals surface area (Å²) in [6.45, 7) is 1.48. The molecule has 0 saturated heterocycles. The van der Waals surface area contributed by atoms with Crippen molar-refractivity contribution in [2.24, 2.45) is 0 Å². The van der Waals surface area contributed by atoms with Crippen LogP contribution in [0.5, 0.6) is 0 Å². The molecular formula is C17H19N3O. The number of benzene rings is 1. The Morgan fingerprint density at radius 1 is 1.14 bits per heavy atom. The molecule has 2 aromatic heterocycles. The number of nitrogens with zero attached hydrogens (tertiary/aromatic N) is 1. The summed E-state index contributed by atoms with van der Waals surface area (Å²) in [5, 5.41) is 4.17. The van der Waals surface area contributed by atoms with Crippen LogP contribution in [0, 0.1) is 0 Å². The smallest absolute Gasteiger partial charge is 0.220 e. The van der Waals surface area contributed by atoms with E-state index >= 15 is 0 Å². The number of H-pyrrole nitrogens is 1. The van der Waals surface area contributed by atoms with E-state index in [-0.39, 0.29) is 5.91 Å². The number of nitrogens with one attached hydrogen (secondary N) is 2. The minimum atomic E-state index is 0.104. The topological polar surface area (TPSA) is 49.8 Å². The molecule has 0 radical (unpaired) electrons. The summed E-state index contributed by atoms with van der Waals surface area (Å²) in [6.07, 6.45) is 7.28. The van der Waals surface area contributed by atoms with Gasteiger partial charge in [-0.2, -0.15) is 0 Å². The highest BCUT2D eigenvalue weighted by Crippen LogP contribution is 2.18. The molecule has 0 saturated carbocycles. The van der Waals surface area contributed by atoms with E-state index in [4.69, 9.17) is 0 Å². The van der Waals surface area contributed by atoms with Crippen molar-refractivity contribution in [3.05, 3.63) is 60.6 Å². The van der Waals surface area contributed by atoms with Gasteiger partial charge in [0.25, 0.3) is 0 Å². The molecule has 2 heterocycles. The first-order valence-corrected chi connectivity index (χ1v) is 7.25. The van der Waals surface area contributed by atoms with Gasteiger partial charge in [-0.05, 0) is 30.2 Å². The number of rotatable bonds is 6. The van der Waals surface area contributed by atoms with Gasteiger partial charge in [-0.25, -0.2) is 0 Å². The van der Waals surface area contributed by atoms with Gasteiger partial charge in [0.15, 0.2) is 0 Å². The highest BCUT2D eigenvalue weighted by molar-refractivity contribution is 5.84. The predicted octanol–water partition coefficient (Wildman–Crippen LogP) is 2.72. The first kappa shape index (κ1) is 13.5. The van der Waals surface area contributed by atoms with Crippen LogP contribution in [0.25, 0.3) is 10.9 Å². The molecule has 3 rings (SSSR count). The maximum absolute atomic E-state index is 11.9. The molecule has 0 aliphatic heterocycles. The van der Waals surface area contributed by atoms with Gasteiger partial charge >= 0.3 is 0 Å². The average Bonchev–Trinajstić information content (AvgIpc) is 3.14. The molecule has 1 aromatic carbocycles. The molecule has 0 aliphatic carbocycles. The highest BCUT2D eigenvalue weighted by atomic mass is 16.1. The third kappa shape index (κ3) is 3.34. The van der Waals surface area contributed by atoms with Crippen molar-refractivity contribution in [1.29, 1.82) is 0 Å². The van der Waals surface area contributed by atoms with Gasteiger partial charge in [0, 0.05) is 49.0 Å². The fourth-order valence-electron chi connectivity index (χ4n) is 2.52. The van der Waals surface area contributed by atoms with Gasteiger partial charge in [-0.1, -0.05) is 18.2 Å². The van der Waals surface area contributed by atoms with Crippen molar-refractivity contribution in [2.75, 3.05) is 6.54 Å². The number of carbonyl (C=O) groups excluding carboxylic acids is 1. The number of amides is 1. The minimum Gasteiger partial charge on any atom is -0.361 e. The van der Waals surface area contributed by atoms with Gasteiger partial charge in [-0.3, -0.25) is 4.79 Å². The van der Waals surface area contributed by atoms with Gasteiger partial charge < -0.3 is 14.9 Å². The Labute approximate surface area is 123 Å². The normalized spacial score (nSPS) is 10.9. The Morgan fingerprint density at radius 3 is 2.81 bits per heavy atom. The van der Waals surface area contributed by atoms with Gasteiger partial charge in [0.1, 0.15) is 0 Å². The number of fused-ring (bicyclic) bond motifs is 1. The predicted molar refractivity (Wildman–Crippen MR) is 84.1 cm³/mol. The lowest BCUT2D eigenvalue weighted by Gasteiger charge is -2.06. The molecule has 0 fully saturated rings. The number of hydrogen-bond donors (Lipinski definition) is 2. The lowest BCUT2D eigenvalue weighted by molar-refractivity contribution is -0.121. The Morgan fingerprint density at radius 2 is 1.95 bits per heavy atom. The van der Waals surface area contributed by atoms with Gasteiger partial charge in [-0.15, -0.1) is 0 Å². The number of aryl methyl sites for hydroxylation is 1. The Bertz CT molecular complexity index is 713. The molecule has 108 valence electrons. The second-order valence-corrected chi connectivity index (χ2v) is 5.13. The molecule has 3 aromatic rings. The maximum atomic E-state index is 11.9. The van der Waals surface area contributed by atoms with E-state index in [1.165, 1.54) is 10.9 Å². The lowest BCUT2D eigenvalue weighted by Crippen LogP contribution is -2.27. The molecule has 0 aliphatic rings. The van der Waals surface area contributed by atoms with Crippen LogP contribution in [0.3, 0.4) is 0 Å². The Kier molecular flexibility index (Phi) is 4.05. The molecule has 4 nitrogen and oxygen atoms in total. The quantitative estimate of drug-likeness (QED) is 0.717. The molecule has 0 bridgehead atoms. The molecular weight excluding hydrogens is 262 g/mol. The summed E-state index contributed by atoms with van der Waals surface area (Å²) in [4.78, 5) is 15.1. The number of aromatic amines is 1. The molecule has 2 N–H and O–H groups in total. The SMILES string of the molecule is O=C(CCc1c[nH]c2ccccc12)NCCn1cccc1. The Balaban J connectivity index is 1.47. The van der Waals surface area contributed by atoms with Crippen LogP contribution in [0.1, 0.15) is 12.0 Å². The van der Waals surface area contributed by atoms with E-state index in [2.05, 4.69) is 27.0 Å². The molecule has 4 heteroatoms. The van der Waals surface area contributed by atoms with E-state index in [0.29, 0.717) is 13.0 Å². The third-order valence-electron chi connectivity index (χ3n) is 3.65. The number of para-hydroxylation sites is 1. The van der Waals surface area contributed by atoms with Crippen LogP contribution < -0.4 is 5.32 Å². The molecule has 1 amide bonds. The van der Waals surface area contributed by atoms with E-state index in [9.17, 15) is 4.79 Å². The van der Waals surface area contributed by atoms with Crippen LogP contribution in [-0.4, -0.2) is 22.0 Å². The van der Waals surface area contributed by atoms with E-state index < -0.39 is 0 Å². The number of aromatic nitrogens is 2. The van der Waals surface area contributed by atoms with Crippen molar-refractivity contribution in [2.45, 2.75) is 19.4 Å². The van der Waals surface area contributed by atoms with Crippen LogP contribution >= 0.6 is 0 Å². The standard InChI is InChI=1S/C17H19N3O/c21-17(18-9-12-20-10-3-4-11-20)8-7-14-13-19-16-6-2-1-5-15(14)16/h1-6,10-11,13,19H,7-9,12H2,(H,18,21). The summed E-state index contributed by atoms with van der Waals surface area (Å²) in [6, 6.07) is 12.1. The zero-order valence-corrected chi connectivity index (χ0v) is 11.9. The first-order valence-electron chi connectivity index (χ1n) is 7.25. The monoisotopic (exact) mass is 281 g/mol. The largest absolute Gasteiger partial charge is 0.361 e. The zero-order valence-electron chi connectivity index (χ0n) is 11.9. The van der Waals surface area contributed by atoms with Crippen LogP contribution in [0.4, 0.5) is 0 Å². The van der Waals surface area contributed by atoms with Crippen molar-refractivity contribution in [1.82, 2.24) is 14.9 Å². The van der Waals surface area contributed by atoms with Crippen molar-refractivity contribution in [3.8, 4) is 0 Å². The molecule has 0 atom stereocenters. The third-order valence-corrected chi connectivity index (χ3v) is 3.65. The van der Waals surface area contributed by atoms with Gasteiger partial charge in [0.2, 0.25) is 5.91 Å². The number of hydrogen-bond acceptors (Lipinski definition) is 1. The van der Waals surface area contributed by atoms with Crippen LogP contribution in [0.2, 0.25) is 0 Å². The summed E-state index contributed by atoms with van der Waals surface area (Å²) in [5.41, 5.74) is 2.33. The van der Waals surface area contributed by atoms with E-state index in [0.717, 1.165) is 18.5 Å². The first-order chi connectivity index (χ1) is 10.3. The fraction of sp³-hybridized carbons (Fsp3) is 0.235. The minimum absolute atomic E-state index is 0.104. The molecule has 0 unspecified atom stereocenters. The lowest BCUT2D eigenvalue weighted by atomic mass is 10.1. The fourth-order valence-corrected chi connectivity index (χ4v) is 2.52. The molecule has 0 spiro atoms. The van der Waals surface area contributed by atoms with Crippen molar-refractivity contribution in [3.63, 3.8) is 0 Å². The molecule has 21 heavy (non-hydrogen) atoms. The average molecular weight is 281 g/mol. The van der Waals surface area contributed by atoms with Crippen LogP contribution in [0.15, 0.2) is 55.0 Å². The summed E-state index contributed by atoms with van der Waals surface area (Å²) in [7, 11) is 0. The summed E-state index contributed by atoms with van der Waals surface area (Å²) < 4.78 is 2.06. The zero-order chi connectivity index (χ0) is 14.5. The second-order valence-electron chi connectivity index (χ2n) is 5.13.